The van der Waals surface area contributed by atoms with Crippen molar-refractivity contribution in [3.05, 3.63) is 89.6 Å². The zero-order valence-electron chi connectivity index (χ0n) is 17.2. The van der Waals surface area contributed by atoms with E-state index >= 15 is 0 Å². The molecule has 0 N–H and O–H groups in total. The number of furan rings is 1. The van der Waals surface area contributed by atoms with Gasteiger partial charge in [0.2, 0.25) is 5.69 Å². The highest BCUT2D eigenvalue weighted by atomic mass is 16.3. The van der Waals surface area contributed by atoms with Crippen LogP contribution < -0.4 is 4.57 Å². The van der Waals surface area contributed by atoms with E-state index in [1.54, 1.807) is 0 Å². The van der Waals surface area contributed by atoms with Gasteiger partial charge in [-0.25, -0.2) is 4.57 Å². The van der Waals surface area contributed by atoms with Crippen molar-refractivity contribution in [1.82, 2.24) is 0 Å². The summed E-state index contributed by atoms with van der Waals surface area (Å²) in [6.07, 6.45) is 2.08. The van der Waals surface area contributed by atoms with Crippen molar-refractivity contribution in [2.45, 2.75) is 13.8 Å². The van der Waals surface area contributed by atoms with Crippen LogP contribution in [0.15, 0.2) is 77.3 Å². The minimum atomic E-state index is 0.635. The molecule has 0 saturated carbocycles. The Bertz CT molecular complexity index is 1470. The van der Waals surface area contributed by atoms with Gasteiger partial charge in [0.05, 0.1) is 17.2 Å². The van der Waals surface area contributed by atoms with Crippen LogP contribution in [0, 0.1) is 25.2 Å². The number of rotatable bonds is 2. The molecule has 0 bridgehead atoms. The Balaban J connectivity index is 1.84. The molecule has 5 rings (SSSR count). The van der Waals surface area contributed by atoms with Gasteiger partial charge in [0.1, 0.15) is 18.2 Å². The predicted molar refractivity (Wildman–Crippen MR) is 120 cm³/mol. The minimum Gasteiger partial charge on any atom is -0.455 e. The third-order valence-electron chi connectivity index (χ3n) is 5.71. The van der Waals surface area contributed by atoms with E-state index in [1.165, 1.54) is 11.1 Å². The third kappa shape index (κ3) is 2.86. The van der Waals surface area contributed by atoms with E-state index in [4.69, 9.17) is 4.42 Å². The SMILES string of the molecule is Cc1cc[n+](C)c(-c2cc3oc4c(-c5ccccc5)cc(C#N)cc4c3cc2C)c1. The van der Waals surface area contributed by atoms with E-state index in [0.717, 1.165) is 44.3 Å². The molecule has 5 aromatic rings. The molecule has 0 spiro atoms. The van der Waals surface area contributed by atoms with E-state index < -0.39 is 0 Å². The lowest BCUT2D eigenvalue weighted by Gasteiger charge is -2.05. The number of fused-ring (bicyclic) bond motifs is 3. The second-order valence-electron chi connectivity index (χ2n) is 7.84. The van der Waals surface area contributed by atoms with Crippen LogP contribution in [0.3, 0.4) is 0 Å². The van der Waals surface area contributed by atoms with E-state index in [9.17, 15) is 5.26 Å². The molecule has 2 aromatic heterocycles. The van der Waals surface area contributed by atoms with Crippen molar-refractivity contribution < 1.29 is 8.98 Å². The summed E-state index contributed by atoms with van der Waals surface area (Å²) in [5, 5.41) is 11.6. The molecule has 0 saturated heterocycles. The van der Waals surface area contributed by atoms with E-state index in [1.807, 2.05) is 42.5 Å². The molecule has 0 aliphatic heterocycles. The van der Waals surface area contributed by atoms with Gasteiger partial charge in [-0.1, -0.05) is 30.3 Å². The lowest BCUT2D eigenvalue weighted by Crippen LogP contribution is -2.30. The normalized spacial score (nSPS) is 11.1. The highest BCUT2D eigenvalue weighted by Gasteiger charge is 2.19. The number of hydrogen-bond acceptors (Lipinski definition) is 2. The smallest absolute Gasteiger partial charge is 0.212 e. The van der Waals surface area contributed by atoms with Gasteiger partial charge in [-0.05, 0) is 54.8 Å². The van der Waals surface area contributed by atoms with Crippen LogP contribution in [0.2, 0.25) is 0 Å². The Kier molecular flexibility index (Phi) is 4.15. The predicted octanol–water partition coefficient (Wildman–Crippen LogP) is 6.23. The summed E-state index contributed by atoms with van der Waals surface area (Å²) in [5.74, 6) is 0. The Hall–Kier alpha value is -3.90. The molecular weight excluding hydrogens is 368 g/mol. The van der Waals surface area contributed by atoms with Gasteiger partial charge >= 0.3 is 0 Å². The van der Waals surface area contributed by atoms with Gasteiger partial charge in [-0.15, -0.1) is 0 Å². The summed E-state index contributed by atoms with van der Waals surface area (Å²) in [5.41, 5.74) is 8.97. The molecule has 3 aromatic carbocycles. The van der Waals surface area contributed by atoms with Crippen molar-refractivity contribution in [1.29, 1.82) is 5.26 Å². The molecule has 0 unspecified atom stereocenters. The standard InChI is InChI=1S/C27H21N2O/c1-17-9-10-29(3)25(11-17)21-15-26-23(12-18(21)2)24-14-19(16-28)13-22(27(24)30-26)20-7-5-4-6-8-20/h4-15H,1-3H3/q+1. The maximum Gasteiger partial charge on any atom is 0.212 e. The van der Waals surface area contributed by atoms with Gasteiger partial charge < -0.3 is 4.42 Å². The van der Waals surface area contributed by atoms with Crippen LogP contribution in [0.4, 0.5) is 0 Å². The molecule has 0 atom stereocenters. The van der Waals surface area contributed by atoms with Crippen LogP contribution in [0.1, 0.15) is 16.7 Å². The van der Waals surface area contributed by atoms with Gasteiger partial charge in [0.25, 0.3) is 0 Å². The largest absolute Gasteiger partial charge is 0.455 e. The first-order valence-corrected chi connectivity index (χ1v) is 9.98. The Morgan fingerprint density at radius 1 is 0.867 bits per heavy atom. The summed E-state index contributed by atoms with van der Waals surface area (Å²) in [7, 11) is 2.06. The quantitative estimate of drug-likeness (QED) is 0.336. The first kappa shape index (κ1) is 18.1. The second kappa shape index (κ2) is 6.86. The zero-order valence-corrected chi connectivity index (χ0v) is 17.2. The van der Waals surface area contributed by atoms with Gasteiger partial charge in [0, 0.05) is 28.5 Å². The molecule has 3 heteroatoms. The first-order valence-electron chi connectivity index (χ1n) is 9.98. The van der Waals surface area contributed by atoms with E-state index in [2.05, 4.69) is 62.0 Å². The summed E-state index contributed by atoms with van der Waals surface area (Å²) >= 11 is 0. The van der Waals surface area contributed by atoms with Crippen molar-refractivity contribution in [2.75, 3.05) is 0 Å². The fourth-order valence-corrected chi connectivity index (χ4v) is 4.15. The van der Waals surface area contributed by atoms with Crippen molar-refractivity contribution in [3.8, 4) is 28.5 Å². The maximum atomic E-state index is 9.60. The van der Waals surface area contributed by atoms with Crippen LogP contribution in [0.25, 0.3) is 44.3 Å². The maximum absolute atomic E-state index is 9.60. The highest BCUT2D eigenvalue weighted by Crippen LogP contribution is 2.39. The molecular formula is C27H21N2O+. The lowest BCUT2D eigenvalue weighted by atomic mass is 9.97. The molecule has 0 amide bonds. The Labute approximate surface area is 175 Å². The number of benzene rings is 3. The molecule has 0 fully saturated rings. The number of aryl methyl sites for hydroxylation is 3. The van der Waals surface area contributed by atoms with Gasteiger partial charge in [-0.3, -0.25) is 0 Å². The fraction of sp³-hybridized carbons (Fsp3) is 0.111. The van der Waals surface area contributed by atoms with Gasteiger partial charge in [0.15, 0.2) is 6.20 Å². The molecule has 30 heavy (non-hydrogen) atoms. The first-order chi connectivity index (χ1) is 14.5. The molecule has 0 aliphatic rings. The van der Waals surface area contributed by atoms with Crippen LogP contribution in [-0.4, -0.2) is 0 Å². The van der Waals surface area contributed by atoms with Crippen LogP contribution in [-0.2, 0) is 7.05 Å². The highest BCUT2D eigenvalue weighted by molar-refractivity contribution is 6.11. The monoisotopic (exact) mass is 389 g/mol. The van der Waals surface area contributed by atoms with E-state index in [0.29, 0.717) is 5.56 Å². The van der Waals surface area contributed by atoms with Gasteiger partial charge in [-0.2, -0.15) is 5.26 Å². The number of pyridine rings is 1. The zero-order chi connectivity index (χ0) is 20.8. The van der Waals surface area contributed by atoms with Crippen molar-refractivity contribution in [3.63, 3.8) is 0 Å². The lowest BCUT2D eigenvalue weighted by molar-refractivity contribution is -0.660. The summed E-state index contributed by atoms with van der Waals surface area (Å²) in [4.78, 5) is 0. The molecule has 2 heterocycles. The summed E-state index contributed by atoms with van der Waals surface area (Å²) in [6.45, 7) is 4.23. The van der Waals surface area contributed by atoms with Crippen molar-refractivity contribution >= 4 is 21.9 Å². The fourth-order valence-electron chi connectivity index (χ4n) is 4.15. The number of hydrogen-bond donors (Lipinski definition) is 0. The van der Waals surface area contributed by atoms with E-state index in [-0.39, 0.29) is 0 Å². The van der Waals surface area contributed by atoms with Crippen molar-refractivity contribution in [2.24, 2.45) is 7.05 Å². The number of nitriles is 1. The topological polar surface area (TPSA) is 40.8 Å². The average Bonchev–Trinajstić information content (AvgIpc) is 3.12. The molecule has 3 nitrogen and oxygen atoms in total. The molecule has 0 radical (unpaired) electrons. The average molecular weight is 389 g/mol. The molecule has 0 aliphatic carbocycles. The summed E-state index contributed by atoms with van der Waals surface area (Å²) in [6, 6.07) is 24.8. The summed E-state index contributed by atoms with van der Waals surface area (Å²) < 4.78 is 8.54. The Morgan fingerprint density at radius 3 is 2.43 bits per heavy atom. The van der Waals surface area contributed by atoms with Crippen LogP contribution >= 0.6 is 0 Å². The van der Waals surface area contributed by atoms with Crippen LogP contribution in [0.5, 0.6) is 0 Å². The molecule has 144 valence electrons. The Morgan fingerprint density at radius 2 is 1.67 bits per heavy atom. The number of nitrogens with zero attached hydrogens (tertiary/aromatic N) is 2. The number of aromatic nitrogens is 1. The second-order valence-corrected chi connectivity index (χ2v) is 7.84. The third-order valence-corrected chi connectivity index (χ3v) is 5.71. The minimum absolute atomic E-state index is 0.635.